The molecule has 0 aliphatic rings. The number of carbonyl (C=O) groups excluding carboxylic acids is 1. The van der Waals surface area contributed by atoms with Crippen molar-refractivity contribution >= 4 is 34.9 Å². The van der Waals surface area contributed by atoms with Gasteiger partial charge in [0.1, 0.15) is 5.82 Å². The Bertz CT molecular complexity index is 644. The van der Waals surface area contributed by atoms with Gasteiger partial charge in [-0.1, -0.05) is 35.3 Å². The predicted octanol–water partition coefficient (Wildman–Crippen LogP) is 4.46. The topological polar surface area (TPSA) is 38.3 Å². The second-order valence-electron chi connectivity index (χ2n) is 4.25. The van der Waals surface area contributed by atoms with Gasteiger partial charge in [-0.3, -0.25) is 0 Å². The quantitative estimate of drug-likeness (QED) is 0.842. The lowest BCUT2D eigenvalue weighted by Gasteiger charge is -2.19. The number of esters is 1. The van der Waals surface area contributed by atoms with E-state index in [2.05, 4.69) is 5.32 Å². The van der Waals surface area contributed by atoms with Gasteiger partial charge < -0.3 is 10.1 Å². The van der Waals surface area contributed by atoms with Crippen LogP contribution in [-0.4, -0.2) is 13.1 Å². The molecule has 3 nitrogen and oxygen atoms in total. The van der Waals surface area contributed by atoms with E-state index in [4.69, 9.17) is 27.9 Å². The van der Waals surface area contributed by atoms with Crippen molar-refractivity contribution in [3.63, 3.8) is 0 Å². The predicted molar refractivity (Wildman–Crippen MR) is 81.2 cm³/mol. The monoisotopic (exact) mass is 327 g/mol. The van der Waals surface area contributed by atoms with Gasteiger partial charge in [-0.15, -0.1) is 0 Å². The fraction of sp³-hybridized carbons (Fsp3) is 0.133. The van der Waals surface area contributed by atoms with Crippen LogP contribution in [-0.2, 0) is 9.53 Å². The molecule has 0 heterocycles. The molecule has 0 radical (unpaired) electrons. The molecule has 6 heteroatoms. The molecule has 21 heavy (non-hydrogen) atoms. The zero-order valence-electron chi connectivity index (χ0n) is 11.1. The SMILES string of the molecule is COC(=O)C(Nc1cccc(Cl)c1)c1c(F)cccc1Cl. The number of ether oxygens (including phenoxy) is 1. The van der Waals surface area contributed by atoms with Gasteiger partial charge in [0.15, 0.2) is 6.04 Å². The van der Waals surface area contributed by atoms with Crippen LogP contribution >= 0.6 is 23.2 Å². The van der Waals surface area contributed by atoms with E-state index in [9.17, 15) is 9.18 Å². The summed E-state index contributed by atoms with van der Waals surface area (Å²) in [6, 6.07) is 9.87. The van der Waals surface area contributed by atoms with Crippen LogP contribution in [0.25, 0.3) is 0 Å². The van der Waals surface area contributed by atoms with E-state index < -0.39 is 17.8 Å². The Hall–Kier alpha value is -1.78. The first-order chi connectivity index (χ1) is 10.0. The van der Waals surface area contributed by atoms with Gasteiger partial charge in [0, 0.05) is 21.3 Å². The molecule has 0 bridgehead atoms. The second kappa shape index (κ2) is 6.78. The van der Waals surface area contributed by atoms with Crippen molar-refractivity contribution in [1.82, 2.24) is 0 Å². The molecule has 2 rings (SSSR count). The highest BCUT2D eigenvalue weighted by Gasteiger charge is 2.27. The largest absolute Gasteiger partial charge is 0.467 e. The first-order valence-electron chi connectivity index (χ1n) is 6.06. The van der Waals surface area contributed by atoms with E-state index in [-0.39, 0.29) is 10.6 Å². The molecule has 2 aromatic carbocycles. The molecule has 0 spiro atoms. The average Bonchev–Trinajstić information content (AvgIpc) is 2.45. The van der Waals surface area contributed by atoms with E-state index in [0.717, 1.165) is 0 Å². The molecule has 1 atom stereocenters. The molecule has 0 aliphatic heterocycles. The number of hydrogen-bond donors (Lipinski definition) is 1. The Labute approximate surface area is 131 Å². The number of methoxy groups -OCH3 is 1. The minimum absolute atomic E-state index is 0.0333. The maximum atomic E-state index is 14.0. The summed E-state index contributed by atoms with van der Waals surface area (Å²) in [6.45, 7) is 0. The summed E-state index contributed by atoms with van der Waals surface area (Å²) in [4.78, 5) is 12.0. The van der Waals surface area contributed by atoms with Crippen molar-refractivity contribution in [3.05, 3.63) is 63.9 Å². The molecule has 0 amide bonds. The van der Waals surface area contributed by atoms with Crippen LogP contribution in [0, 0.1) is 5.82 Å². The van der Waals surface area contributed by atoms with Gasteiger partial charge in [0.2, 0.25) is 0 Å². The van der Waals surface area contributed by atoms with E-state index in [1.165, 1.54) is 25.3 Å². The summed E-state index contributed by atoms with van der Waals surface area (Å²) in [6.07, 6.45) is 0. The van der Waals surface area contributed by atoms with Gasteiger partial charge in [0.05, 0.1) is 7.11 Å². The van der Waals surface area contributed by atoms with Crippen molar-refractivity contribution in [3.8, 4) is 0 Å². The third-order valence-electron chi connectivity index (χ3n) is 2.86. The molecule has 0 saturated heterocycles. The Morgan fingerprint density at radius 2 is 1.95 bits per heavy atom. The molecular formula is C15H12Cl2FNO2. The smallest absolute Gasteiger partial charge is 0.333 e. The standard InChI is InChI=1S/C15H12Cl2FNO2/c1-21-15(20)14(13-11(17)6-3-7-12(13)18)19-10-5-2-4-9(16)8-10/h2-8,14,19H,1H3. The fourth-order valence-corrected chi connectivity index (χ4v) is 2.36. The molecule has 0 fully saturated rings. The minimum Gasteiger partial charge on any atom is -0.467 e. The summed E-state index contributed by atoms with van der Waals surface area (Å²) in [5, 5.41) is 3.51. The molecule has 0 saturated carbocycles. The van der Waals surface area contributed by atoms with E-state index in [1.54, 1.807) is 24.3 Å². The third kappa shape index (κ3) is 3.65. The Morgan fingerprint density at radius 3 is 2.57 bits per heavy atom. The van der Waals surface area contributed by atoms with Gasteiger partial charge in [-0.05, 0) is 30.3 Å². The van der Waals surface area contributed by atoms with Crippen molar-refractivity contribution in [2.24, 2.45) is 0 Å². The lowest BCUT2D eigenvalue weighted by atomic mass is 10.1. The van der Waals surface area contributed by atoms with Crippen LogP contribution in [0.1, 0.15) is 11.6 Å². The number of carbonyl (C=O) groups is 1. The van der Waals surface area contributed by atoms with Crippen molar-refractivity contribution in [2.45, 2.75) is 6.04 Å². The second-order valence-corrected chi connectivity index (χ2v) is 5.09. The summed E-state index contributed by atoms with van der Waals surface area (Å²) >= 11 is 11.9. The fourth-order valence-electron chi connectivity index (χ4n) is 1.90. The van der Waals surface area contributed by atoms with E-state index >= 15 is 0 Å². The van der Waals surface area contributed by atoms with Crippen molar-refractivity contribution in [1.29, 1.82) is 0 Å². The lowest BCUT2D eigenvalue weighted by molar-refractivity contribution is -0.141. The third-order valence-corrected chi connectivity index (χ3v) is 3.43. The highest BCUT2D eigenvalue weighted by molar-refractivity contribution is 6.31. The highest BCUT2D eigenvalue weighted by Crippen LogP contribution is 2.30. The number of nitrogens with one attached hydrogen (secondary N) is 1. The molecular weight excluding hydrogens is 316 g/mol. The Kier molecular flexibility index (Phi) is 5.04. The van der Waals surface area contributed by atoms with Crippen molar-refractivity contribution < 1.29 is 13.9 Å². The highest BCUT2D eigenvalue weighted by atomic mass is 35.5. The first kappa shape index (κ1) is 15.6. The van der Waals surface area contributed by atoms with Crippen LogP contribution in [0.5, 0.6) is 0 Å². The molecule has 1 N–H and O–H groups in total. The van der Waals surface area contributed by atoms with Crippen LogP contribution < -0.4 is 5.32 Å². The van der Waals surface area contributed by atoms with Crippen LogP contribution in [0.4, 0.5) is 10.1 Å². The lowest BCUT2D eigenvalue weighted by Crippen LogP contribution is -2.23. The van der Waals surface area contributed by atoms with Crippen molar-refractivity contribution in [2.75, 3.05) is 12.4 Å². The maximum Gasteiger partial charge on any atom is 0.333 e. The first-order valence-corrected chi connectivity index (χ1v) is 6.82. The number of benzene rings is 2. The molecule has 0 aliphatic carbocycles. The number of hydrogen-bond acceptors (Lipinski definition) is 3. The van der Waals surface area contributed by atoms with Gasteiger partial charge in [-0.2, -0.15) is 0 Å². The normalized spacial score (nSPS) is 11.8. The maximum absolute atomic E-state index is 14.0. The number of halogens is 3. The molecule has 110 valence electrons. The molecule has 0 aromatic heterocycles. The minimum atomic E-state index is -1.07. The zero-order chi connectivity index (χ0) is 15.4. The van der Waals surface area contributed by atoms with Crippen LogP contribution in [0.15, 0.2) is 42.5 Å². The number of anilines is 1. The van der Waals surface area contributed by atoms with Gasteiger partial charge in [-0.25, -0.2) is 9.18 Å². The summed E-state index contributed by atoms with van der Waals surface area (Å²) in [5.74, 6) is -1.24. The summed E-state index contributed by atoms with van der Waals surface area (Å²) in [7, 11) is 1.23. The summed E-state index contributed by atoms with van der Waals surface area (Å²) in [5.41, 5.74) is 0.586. The molecule has 1 unspecified atom stereocenters. The van der Waals surface area contributed by atoms with Crippen LogP contribution in [0.2, 0.25) is 10.0 Å². The van der Waals surface area contributed by atoms with E-state index in [1.807, 2.05) is 0 Å². The molecule has 2 aromatic rings. The van der Waals surface area contributed by atoms with E-state index in [0.29, 0.717) is 10.7 Å². The Morgan fingerprint density at radius 1 is 1.24 bits per heavy atom. The van der Waals surface area contributed by atoms with Gasteiger partial charge >= 0.3 is 5.97 Å². The summed E-state index contributed by atoms with van der Waals surface area (Å²) < 4.78 is 18.7. The van der Waals surface area contributed by atoms with Gasteiger partial charge in [0.25, 0.3) is 0 Å². The van der Waals surface area contributed by atoms with Crippen LogP contribution in [0.3, 0.4) is 0 Å². The average molecular weight is 328 g/mol. The zero-order valence-corrected chi connectivity index (χ0v) is 12.6. The number of rotatable bonds is 4. The Balaban J connectivity index is 2.42.